The summed E-state index contributed by atoms with van der Waals surface area (Å²) in [5.41, 5.74) is 5.24. The maximum absolute atomic E-state index is 12.1. The van der Waals surface area contributed by atoms with Gasteiger partial charge in [0, 0.05) is 5.54 Å². The van der Waals surface area contributed by atoms with E-state index in [9.17, 15) is 9.59 Å². The van der Waals surface area contributed by atoms with Crippen molar-refractivity contribution >= 4 is 23.6 Å². The summed E-state index contributed by atoms with van der Waals surface area (Å²) in [5, 5.41) is 8.82. The first kappa shape index (κ1) is 16.2. The molecule has 0 saturated heterocycles. The van der Waals surface area contributed by atoms with Crippen LogP contribution in [-0.4, -0.2) is 52.0 Å². The Morgan fingerprint density at radius 2 is 1.94 bits per heavy atom. The van der Waals surface area contributed by atoms with E-state index in [-0.39, 0.29) is 12.5 Å². The minimum atomic E-state index is -1.02. The first-order chi connectivity index (χ1) is 7.70. The lowest BCUT2D eigenvalue weighted by Gasteiger charge is -2.36. The number of carbonyl (C=O) groups excluding carboxylic acids is 1. The number of aliphatic carboxylic acids is 1. The standard InChI is InChI=1S/C11H22N2O3S/c1-11(2,3)13(7-9(14)15)10(16)8(12)5-6-17-4/h8H,5-7,12H2,1-4H3,(H,14,15)/t8-/m0/s1. The van der Waals surface area contributed by atoms with Gasteiger partial charge in [0.2, 0.25) is 5.91 Å². The Hall–Kier alpha value is -0.750. The first-order valence-corrected chi connectivity index (χ1v) is 6.87. The summed E-state index contributed by atoms with van der Waals surface area (Å²) >= 11 is 1.61. The molecule has 0 aliphatic heterocycles. The third kappa shape index (κ3) is 5.93. The van der Waals surface area contributed by atoms with E-state index in [4.69, 9.17) is 10.8 Å². The van der Waals surface area contributed by atoms with Gasteiger partial charge in [0.05, 0.1) is 6.04 Å². The van der Waals surface area contributed by atoms with Crippen LogP contribution in [0.4, 0.5) is 0 Å². The number of thioether (sulfide) groups is 1. The van der Waals surface area contributed by atoms with Crippen LogP contribution >= 0.6 is 11.8 Å². The van der Waals surface area contributed by atoms with Gasteiger partial charge in [0.15, 0.2) is 0 Å². The number of rotatable bonds is 6. The van der Waals surface area contributed by atoms with Crippen LogP contribution in [0.5, 0.6) is 0 Å². The van der Waals surface area contributed by atoms with Gasteiger partial charge < -0.3 is 15.7 Å². The Bertz CT molecular complexity index is 276. The monoisotopic (exact) mass is 262 g/mol. The lowest BCUT2D eigenvalue weighted by molar-refractivity contribution is -0.149. The molecular weight excluding hydrogens is 240 g/mol. The second kappa shape index (κ2) is 6.86. The summed E-state index contributed by atoms with van der Waals surface area (Å²) in [5.74, 6) is -0.530. The fourth-order valence-corrected chi connectivity index (χ4v) is 1.84. The Morgan fingerprint density at radius 3 is 2.29 bits per heavy atom. The molecule has 0 fully saturated rings. The van der Waals surface area contributed by atoms with Crippen molar-refractivity contribution in [3.05, 3.63) is 0 Å². The highest BCUT2D eigenvalue weighted by Crippen LogP contribution is 2.15. The Kier molecular flexibility index (Phi) is 6.56. The number of amides is 1. The van der Waals surface area contributed by atoms with E-state index in [0.29, 0.717) is 6.42 Å². The lowest BCUT2D eigenvalue weighted by Crippen LogP contribution is -2.54. The molecule has 17 heavy (non-hydrogen) atoms. The van der Waals surface area contributed by atoms with E-state index in [1.807, 2.05) is 6.26 Å². The van der Waals surface area contributed by atoms with Crippen molar-refractivity contribution in [2.45, 2.75) is 38.8 Å². The number of hydrogen-bond acceptors (Lipinski definition) is 4. The van der Waals surface area contributed by atoms with E-state index >= 15 is 0 Å². The predicted molar refractivity (Wildman–Crippen MR) is 70.1 cm³/mol. The molecule has 1 atom stereocenters. The molecule has 0 aromatic rings. The van der Waals surface area contributed by atoms with Crippen molar-refractivity contribution in [2.24, 2.45) is 5.73 Å². The maximum atomic E-state index is 12.1. The van der Waals surface area contributed by atoms with Crippen LogP contribution in [0.15, 0.2) is 0 Å². The van der Waals surface area contributed by atoms with Crippen LogP contribution in [0.3, 0.4) is 0 Å². The zero-order valence-electron chi connectivity index (χ0n) is 10.9. The second-order valence-electron chi connectivity index (χ2n) is 4.88. The van der Waals surface area contributed by atoms with Crippen molar-refractivity contribution in [3.8, 4) is 0 Å². The van der Waals surface area contributed by atoms with Gasteiger partial charge in [-0.05, 0) is 39.2 Å². The lowest BCUT2D eigenvalue weighted by atomic mass is 10.0. The summed E-state index contributed by atoms with van der Waals surface area (Å²) in [6.45, 7) is 5.09. The molecule has 0 spiro atoms. The highest BCUT2D eigenvalue weighted by atomic mass is 32.2. The van der Waals surface area contributed by atoms with Crippen LogP contribution in [0.1, 0.15) is 27.2 Å². The van der Waals surface area contributed by atoms with Crippen molar-refractivity contribution in [1.82, 2.24) is 4.90 Å². The molecule has 0 aromatic carbocycles. The average Bonchev–Trinajstić information content (AvgIpc) is 2.19. The molecule has 1 amide bonds. The van der Waals surface area contributed by atoms with Crippen molar-refractivity contribution in [2.75, 3.05) is 18.6 Å². The molecule has 0 bridgehead atoms. The van der Waals surface area contributed by atoms with Crippen LogP contribution in [0.2, 0.25) is 0 Å². The van der Waals surface area contributed by atoms with Crippen LogP contribution in [0.25, 0.3) is 0 Å². The van der Waals surface area contributed by atoms with Gasteiger partial charge in [0.25, 0.3) is 0 Å². The average molecular weight is 262 g/mol. The number of nitrogens with zero attached hydrogens (tertiary/aromatic N) is 1. The van der Waals surface area contributed by atoms with Gasteiger partial charge in [-0.1, -0.05) is 0 Å². The molecule has 0 aliphatic rings. The van der Waals surface area contributed by atoms with Crippen LogP contribution < -0.4 is 5.73 Å². The zero-order chi connectivity index (χ0) is 13.6. The highest BCUT2D eigenvalue weighted by Gasteiger charge is 2.31. The smallest absolute Gasteiger partial charge is 0.323 e. The van der Waals surface area contributed by atoms with E-state index in [1.165, 1.54) is 4.90 Å². The minimum absolute atomic E-state index is 0.297. The molecule has 0 rings (SSSR count). The summed E-state index contributed by atoms with van der Waals surface area (Å²) in [4.78, 5) is 24.1. The second-order valence-corrected chi connectivity index (χ2v) is 5.86. The fourth-order valence-electron chi connectivity index (χ4n) is 1.35. The van der Waals surface area contributed by atoms with Gasteiger partial charge in [-0.3, -0.25) is 9.59 Å². The molecular formula is C11H22N2O3S. The molecule has 0 aliphatic carbocycles. The number of nitrogens with two attached hydrogens (primary N) is 1. The first-order valence-electron chi connectivity index (χ1n) is 5.48. The SMILES string of the molecule is CSCC[C@H](N)C(=O)N(CC(=O)O)C(C)(C)C. The van der Waals surface area contributed by atoms with E-state index in [2.05, 4.69) is 0 Å². The topological polar surface area (TPSA) is 83.6 Å². The number of carbonyl (C=O) groups is 2. The van der Waals surface area contributed by atoms with Gasteiger partial charge in [-0.15, -0.1) is 0 Å². The largest absolute Gasteiger partial charge is 0.480 e. The number of carboxylic acid groups (broad SMARTS) is 1. The Morgan fingerprint density at radius 1 is 1.41 bits per heavy atom. The van der Waals surface area contributed by atoms with Crippen molar-refractivity contribution < 1.29 is 14.7 Å². The van der Waals surface area contributed by atoms with Crippen LogP contribution in [-0.2, 0) is 9.59 Å². The number of hydrogen-bond donors (Lipinski definition) is 2. The summed E-state index contributed by atoms with van der Waals surface area (Å²) in [6.07, 6.45) is 2.50. The molecule has 0 unspecified atom stereocenters. The van der Waals surface area contributed by atoms with Crippen molar-refractivity contribution in [3.63, 3.8) is 0 Å². The molecule has 5 nitrogen and oxygen atoms in total. The normalized spacial score (nSPS) is 13.2. The summed E-state index contributed by atoms with van der Waals surface area (Å²) < 4.78 is 0. The van der Waals surface area contributed by atoms with Crippen LogP contribution in [0, 0.1) is 0 Å². The van der Waals surface area contributed by atoms with Gasteiger partial charge in [-0.25, -0.2) is 0 Å². The summed E-state index contributed by atoms with van der Waals surface area (Å²) in [6, 6.07) is -0.624. The molecule has 6 heteroatoms. The molecule has 0 radical (unpaired) electrons. The van der Waals surface area contributed by atoms with E-state index in [1.54, 1.807) is 32.5 Å². The zero-order valence-corrected chi connectivity index (χ0v) is 11.7. The quantitative estimate of drug-likeness (QED) is 0.739. The highest BCUT2D eigenvalue weighted by molar-refractivity contribution is 7.98. The third-order valence-corrected chi connectivity index (χ3v) is 2.96. The molecule has 0 heterocycles. The van der Waals surface area contributed by atoms with Crippen molar-refractivity contribution in [1.29, 1.82) is 0 Å². The fraction of sp³-hybridized carbons (Fsp3) is 0.818. The van der Waals surface area contributed by atoms with E-state index in [0.717, 1.165) is 5.75 Å². The van der Waals surface area contributed by atoms with Gasteiger partial charge in [0.1, 0.15) is 6.54 Å². The third-order valence-electron chi connectivity index (χ3n) is 2.32. The Balaban J connectivity index is 4.69. The van der Waals surface area contributed by atoms with Gasteiger partial charge >= 0.3 is 5.97 Å². The predicted octanol–water partition coefficient (Wildman–Crippen LogP) is 0.778. The molecule has 0 aromatic heterocycles. The maximum Gasteiger partial charge on any atom is 0.323 e. The number of carboxylic acids is 1. The molecule has 3 N–H and O–H groups in total. The van der Waals surface area contributed by atoms with Gasteiger partial charge in [-0.2, -0.15) is 11.8 Å². The molecule has 0 saturated carbocycles. The summed E-state index contributed by atoms with van der Waals surface area (Å²) in [7, 11) is 0. The minimum Gasteiger partial charge on any atom is -0.480 e. The molecule has 100 valence electrons. The Labute approximate surface area is 107 Å². The van der Waals surface area contributed by atoms with E-state index < -0.39 is 17.6 Å².